The van der Waals surface area contributed by atoms with Gasteiger partial charge in [0.25, 0.3) is 5.91 Å². The lowest BCUT2D eigenvalue weighted by Gasteiger charge is -2.30. The number of hydrogen-bond donors (Lipinski definition) is 1. The van der Waals surface area contributed by atoms with Gasteiger partial charge in [-0.15, -0.1) is 0 Å². The van der Waals surface area contributed by atoms with Gasteiger partial charge in [-0.1, -0.05) is 12.1 Å². The number of carbonyl (C=O) groups is 2. The van der Waals surface area contributed by atoms with Crippen molar-refractivity contribution in [3.05, 3.63) is 29.8 Å². The number of nitrogens with zero attached hydrogens (tertiary/aromatic N) is 2. The summed E-state index contributed by atoms with van der Waals surface area (Å²) < 4.78 is 5.37. The van der Waals surface area contributed by atoms with Gasteiger partial charge in [0.15, 0.2) is 0 Å². The maximum atomic E-state index is 12.5. The largest absolute Gasteiger partial charge is 0.378 e. The Balaban J connectivity index is 1.59. The fourth-order valence-corrected chi connectivity index (χ4v) is 3.09. The summed E-state index contributed by atoms with van der Waals surface area (Å²) in [4.78, 5) is 28.1. The SMILES string of the molecule is O=C(NCCN1CCCC1=O)c1ccccc1N1CCOCC1. The quantitative estimate of drug-likeness (QED) is 0.875. The Morgan fingerprint density at radius 2 is 1.96 bits per heavy atom. The minimum absolute atomic E-state index is 0.0845. The highest BCUT2D eigenvalue weighted by Gasteiger charge is 2.21. The molecule has 1 N–H and O–H groups in total. The monoisotopic (exact) mass is 317 g/mol. The summed E-state index contributed by atoms with van der Waals surface area (Å²) in [5.74, 6) is 0.103. The van der Waals surface area contributed by atoms with E-state index >= 15 is 0 Å². The second-order valence-electron chi connectivity index (χ2n) is 5.86. The molecule has 0 radical (unpaired) electrons. The number of morpholine rings is 1. The number of carbonyl (C=O) groups excluding carboxylic acids is 2. The van der Waals surface area contributed by atoms with E-state index in [1.807, 2.05) is 29.2 Å². The topological polar surface area (TPSA) is 61.9 Å². The first-order valence-electron chi connectivity index (χ1n) is 8.23. The van der Waals surface area contributed by atoms with Crippen LogP contribution in [0.3, 0.4) is 0 Å². The molecule has 6 heteroatoms. The molecule has 23 heavy (non-hydrogen) atoms. The summed E-state index contributed by atoms with van der Waals surface area (Å²) in [6.45, 7) is 4.85. The minimum Gasteiger partial charge on any atom is -0.378 e. The van der Waals surface area contributed by atoms with Crippen LogP contribution in [0.25, 0.3) is 0 Å². The van der Waals surface area contributed by atoms with E-state index in [-0.39, 0.29) is 11.8 Å². The second-order valence-corrected chi connectivity index (χ2v) is 5.86. The molecule has 6 nitrogen and oxygen atoms in total. The molecule has 2 heterocycles. The molecule has 2 amide bonds. The molecular formula is C17H23N3O3. The number of nitrogens with one attached hydrogen (secondary N) is 1. The Morgan fingerprint density at radius 3 is 2.70 bits per heavy atom. The highest BCUT2D eigenvalue weighted by molar-refractivity contribution is 5.99. The van der Waals surface area contributed by atoms with E-state index in [0.29, 0.717) is 38.3 Å². The molecular weight excluding hydrogens is 294 g/mol. The molecule has 0 unspecified atom stereocenters. The lowest BCUT2D eigenvalue weighted by atomic mass is 10.1. The molecule has 0 aliphatic carbocycles. The van der Waals surface area contributed by atoms with Crippen LogP contribution >= 0.6 is 0 Å². The van der Waals surface area contributed by atoms with Gasteiger partial charge in [-0.3, -0.25) is 9.59 Å². The standard InChI is InChI=1S/C17H23N3O3/c21-16-6-3-8-20(16)9-7-18-17(22)14-4-1-2-5-15(14)19-10-12-23-13-11-19/h1-2,4-5H,3,6-13H2,(H,18,22). The van der Waals surface area contributed by atoms with Crippen molar-refractivity contribution in [1.29, 1.82) is 0 Å². The number of rotatable bonds is 5. The van der Waals surface area contributed by atoms with Crippen molar-refractivity contribution in [2.24, 2.45) is 0 Å². The van der Waals surface area contributed by atoms with Gasteiger partial charge in [-0.05, 0) is 18.6 Å². The van der Waals surface area contributed by atoms with Crippen LogP contribution in [0, 0.1) is 0 Å². The number of anilines is 1. The number of amides is 2. The maximum Gasteiger partial charge on any atom is 0.253 e. The maximum absolute atomic E-state index is 12.5. The molecule has 1 aromatic carbocycles. The van der Waals surface area contributed by atoms with Crippen molar-refractivity contribution in [1.82, 2.24) is 10.2 Å². The molecule has 0 aromatic heterocycles. The van der Waals surface area contributed by atoms with Gasteiger partial charge in [-0.2, -0.15) is 0 Å². The van der Waals surface area contributed by atoms with Crippen LogP contribution in [-0.4, -0.2) is 62.7 Å². The van der Waals surface area contributed by atoms with Crippen molar-refractivity contribution < 1.29 is 14.3 Å². The third-order valence-corrected chi connectivity index (χ3v) is 4.34. The van der Waals surface area contributed by atoms with Crippen LogP contribution in [0.5, 0.6) is 0 Å². The smallest absolute Gasteiger partial charge is 0.253 e. The van der Waals surface area contributed by atoms with Crippen molar-refractivity contribution in [3.63, 3.8) is 0 Å². The Labute approximate surface area is 136 Å². The molecule has 124 valence electrons. The highest BCUT2D eigenvalue weighted by Crippen LogP contribution is 2.21. The Morgan fingerprint density at radius 1 is 1.17 bits per heavy atom. The predicted molar refractivity (Wildman–Crippen MR) is 87.6 cm³/mol. The van der Waals surface area contributed by atoms with E-state index in [0.717, 1.165) is 31.7 Å². The zero-order valence-corrected chi connectivity index (χ0v) is 13.3. The van der Waals surface area contributed by atoms with Crippen LogP contribution in [-0.2, 0) is 9.53 Å². The molecule has 1 aromatic rings. The summed E-state index contributed by atoms with van der Waals surface area (Å²) in [6.07, 6.45) is 1.56. The molecule has 0 bridgehead atoms. The van der Waals surface area contributed by atoms with Crippen molar-refractivity contribution >= 4 is 17.5 Å². The van der Waals surface area contributed by atoms with Crippen molar-refractivity contribution in [3.8, 4) is 0 Å². The lowest BCUT2D eigenvalue weighted by Crippen LogP contribution is -2.39. The van der Waals surface area contributed by atoms with Gasteiger partial charge in [0.1, 0.15) is 0 Å². The number of ether oxygens (including phenoxy) is 1. The summed E-state index contributed by atoms with van der Waals surface area (Å²) in [7, 11) is 0. The molecule has 0 saturated carbocycles. The number of benzene rings is 1. The van der Waals surface area contributed by atoms with Gasteiger partial charge in [0.05, 0.1) is 18.8 Å². The number of hydrogen-bond acceptors (Lipinski definition) is 4. The Bertz CT molecular complexity index is 570. The summed E-state index contributed by atoms with van der Waals surface area (Å²) in [6, 6.07) is 7.65. The first kappa shape index (κ1) is 15.8. The van der Waals surface area contributed by atoms with E-state index in [2.05, 4.69) is 10.2 Å². The predicted octanol–water partition coefficient (Wildman–Crippen LogP) is 0.875. The zero-order chi connectivity index (χ0) is 16.1. The van der Waals surface area contributed by atoms with E-state index in [9.17, 15) is 9.59 Å². The van der Waals surface area contributed by atoms with Gasteiger partial charge in [0.2, 0.25) is 5.91 Å². The molecule has 3 rings (SSSR count). The number of likely N-dealkylation sites (tertiary alicyclic amines) is 1. The van der Waals surface area contributed by atoms with Crippen LogP contribution < -0.4 is 10.2 Å². The van der Waals surface area contributed by atoms with Gasteiger partial charge >= 0.3 is 0 Å². The highest BCUT2D eigenvalue weighted by atomic mass is 16.5. The molecule has 2 aliphatic heterocycles. The van der Waals surface area contributed by atoms with Crippen LogP contribution in [0.2, 0.25) is 0 Å². The second kappa shape index (κ2) is 7.46. The summed E-state index contributed by atoms with van der Waals surface area (Å²) in [5, 5.41) is 2.94. The summed E-state index contributed by atoms with van der Waals surface area (Å²) in [5.41, 5.74) is 1.63. The average Bonchev–Trinajstić information content (AvgIpc) is 3.01. The number of para-hydroxylation sites is 1. The molecule has 0 atom stereocenters. The fraction of sp³-hybridized carbons (Fsp3) is 0.529. The first-order valence-corrected chi connectivity index (χ1v) is 8.23. The normalized spacial score (nSPS) is 18.3. The van der Waals surface area contributed by atoms with Gasteiger partial charge in [0, 0.05) is 44.8 Å². The average molecular weight is 317 g/mol. The summed E-state index contributed by atoms with van der Waals surface area (Å²) >= 11 is 0. The molecule has 2 saturated heterocycles. The lowest BCUT2D eigenvalue weighted by molar-refractivity contribution is -0.127. The molecule has 2 aliphatic rings. The van der Waals surface area contributed by atoms with Crippen LogP contribution in [0.4, 0.5) is 5.69 Å². The van der Waals surface area contributed by atoms with Crippen molar-refractivity contribution in [2.45, 2.75) is 12.8 Å². The minimum atomic E-state index is -0.0845. The van der Waals surface area contributed by atoms with Crippen LogP contribution in [0.15, 0.2) is 24.3 Å². The van der Waals surface area contributed by atoms with Gasteiger partial charge in [-0.25, -0.2) is 0 Å². The van der Waals surface area contributed by atoms with E-state index in [1.165, 1.54) is 0 Å². The third kappa shape index (κ3) is 3.82. The van der Waals surface area contributed by atoms with Gasteiger partial charge < -0.3 is 19.9 Å². The Hall–Kier alpha value is -2.08. The van der Waals surface area contributed by atoms with E-state index in [4.69, 9.17) is 4.74 Å². The van der Waals surface area contributed by atoms with Crippen molar-refractivity contribution in [2.75, 3.05) is 50.8 Å². The zero-order valence-electron chi connectivity index (χ0n) is 13.3. The van der Waals surface area contributed by atoms with Crippen LogP contribution in [0.1, 0.15) is 23.2 Å². The van der Waals surface area contributed by atoms with E-state index in [1.54, 1.807) is 0 Å². The Kier molecular flexibility index (Phi) is 5.12. The fourth-order valence-electron chi connectivity index (χ4n) is 3.09. The molecule has 2 fully saturated rings. The molecule has 0 spiro atoms. The van der Waals surface area contributed by atoms with E-state index < -0.39 is 0 Å². The first-order chi connectivity index (χ1) is 11.3. The third-order valence-electron chi connectivity index (χ3n) is 4.34.